The minimum Gasteiger partial charge on any atom is -0.423 e. The molecule has 2 nitrogen and oxygen atoms in total. The molecule has 2 N–H and O–H groups in total. The molecule has 0 amide bonds. The topological polar surface area (TPSA) is 40.5 Å². The lowest BCUT2D eigenvalue weighted by atomic mass is 9.80. The van der Waals surface area contributed by atoms with Crippen LogP contribution >= 0.6 is 15.9 Å². The molecular formula is C34H24BBrO2. The zero-order valence-corrected chi connectivity index (χ0v) is 22.7. The molecule has 0 bridgehead atoms. The van der Waals surface area contributed by atoms with Gasteiger partial charge in [0, 0.05) is 15.6 Å². The Bertz CT molecular complexity index is 1590. The molecule has 0 atom stereocenters. The molecule has 4 rings (SSSR count). The molecule has 0 saturated heterocycles. The van der Waals surface area contributed by atoms with E-state index in [1.54, 1.807) is 26.0 Å². The lowest BCUT2D eigenvalue weighted by molar-refractivity contribution is 0.426. The summed E-state index contributed by atoms with van der Waals surface area (Å²) in [6.45, 7) is 3.54. The number of hydrogen-bond donors (Lipinski definition) is 2. The smallest absolute Gasteiger partial charge is 0.423 e. The van der Waals surface area contributed by atoms with E-state index in [-0.39, 0.29) is 0 Å². The van der Waals surface area contributed by atoms with E-state index in [0.717, 1.165) is 26.7 Å². The molecule has 0 aliphatic carbocycles. The van der Waals surface area contributed by atoms with E-state index in [1.807, 2.05) is 60.7 Å². The number of benzene rings is 4. The molecule has 0 heterocycles. The third-order valence-electron chi connectivity index (χ3n) is 5.28. The van der Waals surface area contributed by atoms with Gasteiger partial charge in [-0.1, -0.05) is 100 Å². The van der Waals surface area contributed by atoms with Crippen molar-refractivity contribution in [2.45, 2.75) is 13.8 Å². The van der Waals surface area contributed by atoms with Crippen molar-refractivity contribution in [3.05, 3.63) is 113 Å². The Balaban J connectivity index is 0.000000212. The van der Waals surface area contributed by atoms with E-state index in [4.69, 9.17) is 10.0 Å². The first-order valence-electron chi connectivity index (χ1n) is 11.8. The Morgan fingerprint density at radius 1 is 0.500 bits per heavy atom. The van der Waals surface area contributed by atoms with Crippen LogP contribution < -0.4 is 5.46 Å². The summed E-state index contributed by atoms with van der Waals surface area (Å²) in [5.41, 5.74) is 6.84. The van der Waals surface area contributed by atoms with Gasteiger partial charge in [0.1, 0.15) is 0 Å². The maximum absolute atomic E-state index is 9.05. The summed E-state index contributed by atoms with van der Waals surface area (Å²) in [4.78, 5) is 0. The third-order valence-corrected chi connectivity index (χ3v) is 5.81. The van der Waals surface area contributed by atoms with Gasteiger partial charge in [-0.05, 0) is 102 Å². The SMILES string of the molecule is CC#CC#Cc1ccc(-c2ccc(B(O)O)cc2)cc1.CC#CC#Cc1ccc(-c2ccc(Br)cc2)cc1. The molecule has 0 aliphatic rings. The maximum atomic E-state index is 9.05. The van der Waals surface area contributed by atoms with Crippen LogP contribution in [-0.2, 0) is 0 Å². The van der Waals surface area contributed by atoms with Gasteiger partial charge in [-0.3, -0.25) is 0 Å². The van der Waals surface area contributed by atoms with Crippen molar-refractivity contribution in [3.8, 4) is 69.6 Å². The van der Waals surface area contributed by atoms with Gasteiger partial charge in [-0.25, -0.2) is 0 Å². The van der Waals surface area contributed by atoms with Gasteiger partial charge in [-0.2, -0.15) is 0 Å². The minimum absolute atomic E-state index is 0.481. The van der Waals surface area contributed by atoms with Crippen molar-refractivity contribution in [1.29, 1.82) is 0 Å². The van der Waals surface area contributed by atoms with E-state index >= 15 is 0 Å². The quantitative estimate of drug-likeness (QED) is 0.244. The molecule has 0 aromatic heterocycles. The predicted molar refractivity (Wildman–Crippen MR) is 162 cm³/mol. The van der Waals surface area contributed by atoms with Crippen molar-refractivity contribution < 1.29 is 10.0 Å². The molecule has 38 heavy (non-hydrogen) atoms. The first-order chi connectivity index (χ1) is 18.5. The van der Waals surface area contributed by atoms with Crippen LogP contribution in [0.1, 0.15) is 25.0 Å². The molecule has 0 radical (unpaired) electrons. The Morgan fingerprint density at radius 2 is 0.842 bits per heavy atom. The molecule has 0 spiro atoms. The predicted octanol–water partition coefficient (Wildman–Crippen LogP) is 5.90. The minimum atomic E-state index is -1.43. The second-order valence-corrected chi connectivity index (χ2v) is 8.82. The Morgan fingerprint density at radius 3 is 1.18 bits per heavy atom. The molecule has 0 aliphatic heterocycles. The van der Waals surface area contributed by atoms with E-state index < -0.39 is 7.12 Å². The first-order valence-corrected chi connectivity index (χ1v) is 12.6. The van der Waals surface area contributed by atoms with Crippen LogP contribution in [0.15, 0.2) is 102 Å². The highest BCUT2D eigenvalue weighted by Crippen LogP contribution is 2.22. The van der Waals surface area contributed by atoms with Crippen LogP contribution in [0, 0.1) is 47.4 Å². The summed E-state index contributed by atoms with van der Waals surface area (Å²) in [6.07, 6.45) is 0. The fourth-order valence-corrected chi connectivity index (χ4v) is 3.58. The standard InChI is InChI=1S/C17H13BO2.C17H11Br/c1-2-3-4-5-14-6-8-15(9-7-14)16-10-12-17(13-11-16)18(19)20;1-2-3-4-5-14-6-8-15(9-7-14)16-10-12-17(18)13-11-16/h6-13,19-20H,1H3;6-13H,1H3. The van der Waals surface area contributed by atoms with Gasteiger partial charge >= 0.3 is 7.12 Å². The van der Waals surface area contributed by atoms with Gasteiger partial charge in [-0.15, -0.1) is 0 Å². The van der Waals surface area contributed by atoms with Gasteiger partial charge in [0.25, 0.3) is 0 Å². The monoisotopic (exact) mass is 554 g/mol. The Labute approximate surface area is 234 Å². The summed E-state index contributed by atoms with van der Waals surface area (Å²) in [5.74, 6) is 22.4. The van der Waals surface area contributed by atoms with Crippen LogP contribution in [0.25, 0.3) is 22.3 Å². The van der Waals surface area contributed by atoms with Crippen LogP contribution in [0.2, 0.25) is 0 Å². The van der Waals surface area contributed by atoms with Crippen LogP contribution in [-0.4, -0.2) is 17.2 Å². The van der Waals surface area contributed by atoms with Gasteiger partial charge in [0.2, 0.25) is 0 Å². The molecule has 0 fully saturated rings. The lowest BCUT2D eigenvalue weighted by Gasteiger charge is -2.04. The van der Waals surface area contributed by atoms with Gasteiger partial charge in [0.05, 0.1) is 0 Å². The van der Waals surface area contributed by atoms with E-state index in [1.165, 1.54) is 11.1 Å². The number of rotatable bonds is 3. The summed E-state index contributed by atoms with van der Waals surface area (Å²) in [7, 11) is -1.43. The molecule has 4 aromatic carbocycles. The van der Waals surface area contributed by atoms with Crippen LogP contribution in [0.4, 0.5) is 0 Å². The summed E-state index contributed by atoms with van der Waals surface area (Å²) < 4.78 is 1.09. The fraction of sp³-hybridized carbons (Fsp3) is 0.0588. The van der Waals surface area contributed by atoms with Gasteiger partial charge < -0.3 is 10.0 Å². The summed E-state index contributed by atoms with van der Waals surface area (Å²) >= 11 is 3.43. The lowest BCUT2D eigenvalue weighted by Crippen LogP contribution is -2.29. The molecule has 182 valence electrons. The normalized spacial score (nSPS) is 8.87. The van der Waals surface area contributed by atoms with Crippen LogP contribution in [0.3, 0.4) is 0 Å². The molecule has 0 saturated carbocycles. The van der Waals surface area contributed by atoms with Crippen molar-refractivity contribution in [3.63, 3.8) is 0 Å². The second-order valence-electron chi connectivity index (χ2n) is 7.91. The average Bonchev–Trinajstić information content (AvgIpc) is 2.95. The van der Waals surface area contributed by atoms with Crippen molar-refractivity contribution in [2.24, 2.45) is 0 Å². The Kier molecular flexibility index (Phi) is 11.1. The zero-order chi connectivity index (χ0) is 27.2. The molecule has 4 aromatic rings. The Hall–Kier alpha value is -4.42. The maximum Gasteiger partial charge on any atom is 0.488 e. The highest BCUT2D eigenvalue weighted by Gasteiger charge is 2.09. The first kappa shape index (κ1) is 28.2. The van der Waals surface area contributed by atoms with E-state index in [9.17, 15) is 0 Å². The van der Waals surface area contributed by atoms with E-state index in [2.05, 4.69) is 87.6 Å². The molecular weight excluding hydrogens is 531 g/mol. The highest BCUT2D eigenvalue weighted by atomic mass is 79.9. The number of hydrogen-bond acceptors (Lipinski definition) is 2. The van der Waals surface area contributed by atoms with Gasteiger partial charge in [0.15, 0.2) is 0 Å². The third kappa shape index (κ3) is 8.91. The average molecular weight is 555 g/mol. The summed E-state index contributed by atoms with van der Waals surface area (Å²) in [6, 6.07) is 31.4. The molecule has 4 heteroatoms. The van der Waals surface area contributed by atoms with Crippen LogP contribution in [0.5, 0.6) is 0 Å². The van der Waals surface area contributed by atoms with Crippen molar-refractivity contribution in [2.75, 3.05) is 0 Å². The number of halogens is 1. The molecule has 0 unspecified atom stereocenters. The zero-order valence-electron chi connectivity index (χ0n) is 21.1. The second kappa shape index (κ2) is 15.0. The summed E-state index contributed by atoms with van der Waals surface area (Å²) in [5, 5.41) is 18.1. The largest absolute Gasteiger partial charge is 0.488 e. The van der Waals surface area contributed by atoms with Crippen molar-refractivity contribution >= 4 is 28.5 Å². The fourth-order valence-electron chi connectivity index (χ4n) is 3.31. The van der Waals surface area contributed by atoms with Crippen molar-refractivity contribution in [1.82, 2.24) is 0 Å². The van der Waals surface area contributed by atoms with E-state index in [0.29, 0.717) is 5.46 Å². The highest BCUT2D eigenvalue weighted by molar-refractivity contribution is 9.10.